The number of hydrogen-bond donors (Lipinski definition) is 2. The highest BCUT2D eigenvalue weighted by atomic mass is 19.1. The van der Waals surface area contributed by atoms with Gasteiger partial charge in [0.2, 0.25) is 0 Å². The van der Waals surface area contributed by atoms with Gasteiger partial charge in [-0.2, -0.15) is 0 Å². The molecular weight excluding hydrogens is 533 g/mol. The van der Waals surface area contributed by atoms with Crippen molar-refractivity contribution in [2.45, 2.75) is 120 Å². The van der Waals surface area contributed by atoms with E-state index < -0.39 is 12.1 Å². The van der Waals surface area contributed by atoms with Gasteiger partial charge in [-0.1, -0.05) is 32.6 Å². The van der Waals surface area contributed by atoms with Crippen LogP contribution in [0.15, 0.2) is 11.8 Å². The minimum atomic E-state index is -1.18. The van der Waals surface area contributed by atoms with Gasteiger partial charge in [-0.15, -0.1) is 0 Å². The highest BCUT2D eigenvalue weighted by molar-refractivity contribution is 6.20. The Morgan fingerprint density at radius 1 is 1.05 bits per heavy atom. The number of nitrogens with one attached hydrogen (secondary N) is 1. The lowest BCUT2D eigenvalue weighted by atomic mass is 9.64. The Hall–Kier alpha value is -1.55. The fraction of sp³-hybridized carbons (Fsp3) is 0.879. The van der Waals surface area contributed by atoms with Crippen LogP contribution in [-0.2, 0) is 14.3 Å². The van der Waals surface area contributed by atoms with Crippen molar-refractivity contribution >= 4 is 11.7 Å². The van der Waals surface area contributed by atoms with E-state index in [0.29, 0.717) is 24.9 Å². The summed E-state index contributed by atoms with van der Waals surface area (Å²) < 4.78 is 23.1. The molecule has 3 aliphatic carbocycles. The molecule has 7 rings (SSSR count). The molecule has 0 bridgehead atoms. The third-order valence-corrected chi connectivity index (χ3v) is 12.0. The number of morpholine rings is 1. The summed E-state index contributed by atoms with van der Waals surface area (Å²) in [6.07, 6.45) is 11.9. The number of alkyl halides is 1. The number of rotatable bonds is 6. The molecule has 3 N–H and O–H groups in total. The molecule has 11 atom stereocenters. The Morgan fingerprint density at radius 3 is 2.62 bits per heavy atom. The van der Waals surface area contributed by atoms with Gasteiger partial charge < -0.3 is 25.6 Å². The van der Waals surface area contributed by atoms with Crippen LogP contribution >= 0.6 is 0 Å². The van der Waals surface area contributed by atoms with Crippen molar-refractivity contribution in [3.63, 3.8) is 0 Å². The van der Waals surface area contributed by atoms with Crippen molar-refractivity contribution in [1.82, 2.24) is 20.0 Å². The zero-order chi connectivity index (χ0) is 29.0. The van der Waals surface area contributed by atoms with E-state index in [0.717, 1.165) is 57.8 Å². The fourth-order valence-corrected chi connectivity index (χ4v) is 10.0. The summed E-state index contributed by atoms with van der Waals surface area (Å²) in [5, 5.41) is 3.06. The molecule has 6 fully saturated rings. The molecule has 0 aromatic carbocycles. The van der Waals surface area contributed by atoms with E-state index in [4.69, 9.17) is 10.5 Å². The lowest BCUT2D eigenvalue weighted by Crippen LogP contribution is -2.73. The van der Waals surface area contributed by atoms with E-state index in [1.165, 1.54) is 38.5 Å². The van der Waals surface area contributed by atoms with Crippen LogP contribution in [0.3, 0.4) is 0 Å². The maximum atomic E-state index is 16.2. The van der Waals surface area contributed by atoms with E-state index in [9.17, 15) is 9.59 Å². The number of carbonyl (C=O) groups is 2. The number of nitrogens with zero attached hydrogens (tertiary/aromatic N) is 3. The Bertz CT molecular complexity index is 1060. The number of ketones is 1. The second-order valence-electron chi connectivity index (χ2n) is 14.9. The van der Waals surface area contributed by atoms with Crippen LogP contribution in [0.2, 0.25) is 0 Å². The van der Waals surface area contributed by atoms with Gasteiger partial charge in [-0.05, 0) is 75.8 Å². The normalized spacial score (nSPS) is 44.2. The predicted octanol–water partition coefficient (Wildman–Crippen LogP) is 2.86. The zero-order valence-electron chi connectivity index (χ0n) is 25.5. The van der Waals surface area contributed by atoms with Gasteiger partial charge in [0.05, 0.1) is 35.9 Å². The van der Waals surface area contributed by atoms with Crippen LogP contribution in [0.25, 0.3) is 0 Å². The number of amides is 1. The first-order chi connectivity index (χ1) is 20.4. The summed E-state index contributed by atoms with van der Waals surface area (Å²) >= 11 is 0. The minimum Gasteiger partial charge on any atom is -0.369 e. The molecule has 234 valence electrons. The number of likely N-dealkylation sites (tertiary alicyclic amines) is 2. The Balaban J connectivity index is 1.12. The van der Waals surface area contributed by atoms with Gasteiger partial charge in [0.15, 0.2) is 5.78 Å². The first kappa shape index (κ1) is 29.2. The van der Waals surface area contributed by atoms with E-state index in [1.807, 2.05) is 6.20 Å². The van der Waals surface area contributed by atoms with E-state index in [2.05, 4.69) is 26.9 Å². The number of halogens is 1. The Labute approximate surface area is 250 Å². The largest absolute Gasteiger partial charge is 0.369 e. The molecule has 8 nitrogen and oxygen atoms in total. The van der Waals surface area contributed by atoms with Crippen LogP contribution in [0.1, 0.15) is 77.6 Å². The molecule has 3 saturated heterocycles. The first-order valence-electron chi connectivity index (χ1n) is 17.2. The molecule has 7 aliphatic rings. The molecule has 42 heavy (non-hydrogen) atoms. The summed E-state index contributed by atoms with van der Waals surface area (Å²) in [5.74, 6) is 1.02. The molecule has 4 aliphatic heterocycles. The molecule has 4 heterocycles. The monoisotopic (exact) mass is 585 g/mol. The van der Waals surface area contributed by atoms with E-state index in [-0.39, 0.29) is 60.1 Å². The van der Waals surface area contributed by atoms with Crippen LogP contribution in [0.5, 0.6) is 0 Å². The van der Waals surface area contributed by atoms with Crippen molar-refractivity contribution < 1.29 is 18.7 Å². The van der Waals surface area contributed by atoms with Gasteiger partial charge in [-0.25, -0.2) is 4.39 Å². The van der Waals surface area contributed by atoms with Gasteiger partial charge in [0.1, 0.15) is 6.17 Å². The number of carbonyl (C=O) groups excluding carboxylic acids is 2. The van der Waals surface area contributed by atoms with Crippen molar-refractivity contribution in [2.24, 2.45) is 29.4 Å². The average Bonchev–Trinajstić information content (AvgIpc) is 3.41. The molecule has 3 saturated carbocycles. The van der Waals surface area contributed by atoms with Gasteiger partial charge in [-0.3, -0.25) is 14.5 Å². The molecule has 0 spiro atoms. The topological polar surface area (TPSA) is 91.1 Å². The van der Waals surface area contributed by atoms with Crippen LogP contribution in [0, 0.1) is 23.7 Å². The second-order valence-corrected chi connectivity index (χ2v) is 14.9. The van der Waals surface area contributed by atoms with Gasteiger partial charge in [0.25, 0.3) is 5.91 Å². The highest BCUT2D eigenvalue weighted by Gasteiger charge is 2.60. The molecule has 9 heteroatoms. The number of nitrogens with two attached hydrogens (primary N) is 1. The summed E-state index contributed by atoms with van der Waals surface area (Å²) in [6, 6.07) is -0.406. The first-order valence-corrected chi connectivity index (χ1v) is 17.2. The van der Waals surface area contributed by atoms with Crippen molar-refractivity contribution in [3.8, 4) is 0 Å². The van der Waals surface area contributed by atoms with Crippen molar-refractivity contribution in [3.05, 3.63) is 11.8 Å². The molecular formula is C33H52FN5O3. The molecule has 0 radical (unpaired) electrons. The summed E-state index contributed by atoms with van der Waals surface area (Å²) in [7, 11) is 0. The van der Waals surface area contributed by atoms with E-state index in [1.54, 1.807) is 0 Å². The third kappa shape index (κ3) is 5.45. The fourth-order valence-electron chi connectivity index (χ4n) is 10.0. The highest BCUT2D eigenvalue weighted by Crippen LogP contribution is 2.51. The molecule has 11 unspecified atom stereocenters. The second kappa shape index (κ2) is 12.1. The Kier molecular flexibility index (Phi) is 8.40. The number of hydrogen-bond acceptors (Lipinski definition) is 7. The lowest BCUT2D eigenvalue weighted by Gasteiger charge is -2.61. The van der Waals surface area contributed by atoms with Gasteiger partial charge in [0, 0.05) is 44.3 Å². The summed E-state index contributed by atoms with van der Waals surface area (Å²) in [6.45, 7) is 7.52. The number of Topliss-reactive ketones (excluding diaryl/α,β-unsaturated/α-hetero) is 1. The lowest BCUT2D eigenvalue weighted by molar-refractivity contribution is -0.219. The number of ether oxygens (including phenoxy) is 1. The SMILES string of the molecule is CC1CCCN(CCCNC(=O)C2=CN3C4CC5CCCCC5CC4OC4C(N5CCC(N)C5)C(F)CC(C2=O)C43)C1. The molecule has 0 aromatic heterocycles. The third-order valence-electron chi connectivity index (χ3n) is 12.0. The zero-order valence-corrected chi connectivity index (χ0v) is 25.5. The number of fused-ring (bicyclic) bond motifs is 3. The summed E-state index contributed by atoms with van der Waals surface area (Å²) in [4.78, 5) is 34.5. The quantitative estimate of drug-likeness (QED) is 0.366. The Morgan fingerprint density at radius 2 is 1.86 bits per heavy atom. The maximum Gasteiger partial charge on any atom is 0.256 e. The smallest absolute Gasteiger partial charge is 0.256 e. The molecule has 0 aromatic rings. The summed E-state index contributed by atoms with van der Waals surface area (Å²) in [5.41, 5.74) is 6.49. The van der Waals surface area contributed by atoms with E-state index >= 15 is 4.39 Å². The maximum absolute atomic E-state index is 16.2. The van der Waals surface area contributed by atoms with Gasteiger partial charge >= 0.3 is 0 Å². The van der Waals surface area contributed by atoms with Crippen molar-refractivity contribution in [1.29, 1.82) is 0 Å². The molecule has 1 amide bonds. The minimum absolute atomic E-state index is 0.0102. The van der Waals surface area contributed by atoms with Crippen LogP contribution in [0.4, 0.5) is 4.39 Å². The predicted molar refractivity (Wildman–Crippen MR) is 159 cm³/mol. The average molecular weight is 586 g/mol. The van der Waals surface area contributed by atoms with Crippen molar-refractivity contribution in [2.75, 3.05) is 39.3 Å². The van der Waals surface area contributed by atoms with Crippen LogP contribution in [-0.4, -0.2) is 108 Å². The standard InChI is InChI=1S/C33H52FN5O3/c1-20-6-4-11-37(17-20)12-5-10-36-33(41)25-19-39-27-14-21-7-2-3-8-22(21)15-28(27)42-32-29(39)24(31(25)40)16-26(34)30(32)38-13-9-23(35)18-38/h19-24,26-30,32H,2-18,35H2,1H3,(H,36,41). The van der Waals surface area contributed by atoms with Crippen LogP contribution < -0.4 is 11.1 Å². The number of piperidine rings is 1.